The molecule has 0 atom stereocenters. The van der Waals surface area contributed by atoms with Gasteiger partial charge in [0.2, 0.25) is 0 Å². The van der Waals surface area contributed by atoms with E-state index in [2.05, 4.69) is 6.58 Å². The Balaban J connectivity index is 3.21. The SMILES string of the molecule is C=Cc1cc(Cl)cc(Cl)c1CC(C)(Cl)Cl. The molecule has 1 aromatic carbocycles. The molecule has 0 saturated heterocycles. The largest absolute Gasteiger partial charge is 0.119 e. The smallest absolute Gasteiger partial charge is 0.102 e. The van der Waals surface area contributed by atoms with E-state index < -0.39 is 4.33 Å². The molecule has 0 fully saturated rings. The standard InChI is InChI=1S/C11H10Cl4/c1-3-7-4-8(12)5-10(13)9(7)6-11(2,14)15/h3-5H,1,6H2,2H3. The number of alkyl halides is 2. The molecule has 0 saturated carbocycles. The van der Waals surface area contributed by atoms with Gasteiger partial charge in [0, 0.05) is 16.5 Å². The van der Waals surface area contributed by atoms with Gasteiger partial charge < -0.3 is 0 Å². The fourth-order valence-corrected chi connectivity index (χ4v) is 2.15. The molecule has 0 aliphatic carbocycles. The van der Waals surface area contributed by atoms with Crippen LogP contribution in [-0.4, -0.2) is 4.33 Å². The first-order chi connectivity index (χ1) is 6.83. The van der Waals surface area contributed by atoms with E-state index in [4.69, 9.17) is 46.4 Å². The number of rotatable bonds is 3. The Morgan fingerprint density at radius 1 is 1.33 bits per heavy atom. The Morgan fingerprint density at radius 2 is 1.93 bits per heavy atom. The van der Waals surface area contributed by atoms with Crippen molar-refractivity contribution in [3.8, 4) is 0 Å². The number of hydrogen-bond acceptors (Lipinski definition) is 0. The van der Waals surface area contributed by atoms with E-state index >= 15 is 0 Å². The highest BCUT2D eigenvalue weighted by molar-refractivity contribution is 6.48. The summed E-state index contributed by atoms with van der Waals surface area (Å²) in [6.07, 6.45) is 2.14. The van der Waals surface area contributed by atoms with Crippen molar-refractivity contribution < 1.29 is 0 Å². The first-order valence-electron chi connectivity index (χ1n) is 4.31. The van der Waals surface area contributed by atoms with Gasteiger partial charge in [-0.05, 0) is 30.2 Å². The minimum Gasteiger partial charge on any atom is -0.102 e. The highest BCUT2D eigenvalue weighted by Crippen LogP contribution is 2.33. The lowest BCUT2D eigenvalue weighted by atomic mass is 10.0. The number of halogens is 4. The van der Waals surface area contributed by atoms with Crippen molar-refractivity contribution in [2.75, 3.05) is 0 Å². The first kappa shape index (κ1) is 13.2. The van der Waals surface area contributed by atoms with Gasteiger partial charge in [-0.25, -0.2) is 0 Å². The topological polar surface area (TPSA) is 0 Å². The van der Waals surface area contributed by atoms with E-state index in [1.807, 2.05) is 0 Å². The quantitative estimate of drug-likeness (QED) is 0.654. The van der Waals surface area contributed by atoms with Crippen molar-refractivity contribution in [1.29, 1.82) is 0 Å². The van der Waals surface area contributed by atoms with Gasteiger partial charge in [0.25, 0.3) is 0 Å². The second kappa shape index (κ2) is 4.97. The Kier molecular flexibility index (Phi) is 4.37. The molecular weight excluding hydrogens is 274 g/mol. The Labute approximate surface area is 110 Å². The molecule has 0 spiro atoms. The summed E-state index contributed by atoms with van der Waals surface area (Å²) in [7, 11) is 0. The minimum atomic E-state index is -0.852. The van der Waals surface area contributed by atoms with Crippen LogP contribution < -0.4 is 0 Å². The molecule has 0 N–H and O–H groups in total. The van der Waals surface area contributed by atoms with Crippen LogP contribution in [0.3, 0.4) is 0 Å². The summed E-state index contributed by atoms with van der Waals surface area (Å²) in [6, 6.07) is 3.46. The molecule has 4 heteroatoms. The van der Waals surface area contributed by atoms with Gasteiger partial charge in [-0.2, -0.15) is 0 Å². The average molecular weight is 284 g/mol. The van der Waals surface area contributed by atoms with Crippen LogP contribution in [0.15, 0.2) is 18.7 Å². The van der Waals surface area contributed by atoms with Crippen LogP contribution in [0.2, 0.25) is 10.0 Å². The van der Waals surface area contributed by atoms with Gasteiger partial charge in [-0.15, -0.1) is 23.2 Å². The Morgan fingerprint density at radius 3 is 2.40 bits per heavy atom. The van der Waals surface area contributed by atoms with E-state index in [9.17, 15) is 0 Å². The second-order valence-corrected chi connectivity index (χ2v) is 6.11. The predicted molar refractivity (Wildman–Crippen MR) is 70.4 cm³/mol. The van der Waals surface area contributed by atoms with E-state index in [1.165, 1.54) is 0 Å². The van der Waals surface area contributed by atoms with Crippen LogP contribution in [0.4, 0.5) is 0 Å². The van der Waals surface area contributed by atoms with Crippen molar-refractivity contribution >= 4 is 52.5 Å². The van der Waals surface area contributed by atoms with Crippen LogP contribution in [0.25, 0.3) is 6.08 Å². The molecule has 0 nitrogen and oxygen atoms in total. The van der Waals surface area contributed by atoms with Crippen LogP contribution in [-0.2, 0) is 6.42 Å². The third-order valence-corrected chi connectivity index (χ3v) is 2.72. The summed E-state index contributed by atoms with van der Waals surface area (Å²) in [5, 5.41) is 1.13. The summed E-state index contributed by atoms with van der Waals surface area (Å²) >= 11 is 23.8. The zero-order chi connectivity index (χ0) is 11.6. The van der Waals surface area contributed by atoms with Gasteiger partial charge >= 0.3 is 0 Å². The third kappa shape index (κ3) is 3.88. The van der Waals surface area contributed by atoms with Crippen LogP contribution in [0.1, 0.15) is 18.1 Å². The summed E-state index contributed by atoms with van der Waals surface area (Å²) in [4.78, 5) is 0. The minimum absolute atomic E-state index is 0.452. The van der Waals surface area contributed by atoms with Crippen molar-refractivity contribution in [2.45, 2.75) is 17.7 Å². The maximum Gasteiger partial charge on any atom is 0.119 e. The molecule has 0 radical (unpaired) electrons. The zero-order valence-electron chi connectivity index (χ0n) is 8.16. The van der Waals surface area contributed by atoms with Crippen molar-refractivity contribution in [3.63, 3.8) is 0 Å². The highest BCUT2D eigenvalue weighted by Gasteiger charge is 2.20. The first-order valence-corrected chi connectivity index (χ1v) is 5.83. The third-order valence-electron chi connectivity index (χ3n) is 1.90. The molecular formula is C11H10Cl4. The van der Waals surface area contributed by atoms with E-state index in [0.29, 0.717) is 16.5 Å². The molecule has 0 heterocycles. The lowest BCUT2D eigenvalue weighted by Gasteiger charge is -2.16. The molecule has 0 aliphatic rings. The molecule has 0 bridgehead atoms. The fraction of sp³-hybridized carbons (Fsp3) is 0.273. The summed E-state index contributed by atoms with van der Waals surface area (Å²) in [5.74, 6) is 0. The van der Waals surface area contributed by atoms with Crippen molar-refractivity contribution in [1.82, 2.24) is 0 Å². The van der Waals surface area contributed by atoms with Crippen LogP contribution in [0.5, 0.6) is 0 Å². The average Bonchev–Trinajstić information content (AvgIpc) is 2.07. The number of benzene rings is 1. The molecule has 0 aromatic heterocycles. The molecule has 0 aliphatic heterocycles. The zero-order valence-corrected chi connectivity index (χ0v) is 11.2. The summed E-state index contributed by atoms with van der Waals surface area (Å²) < 4.78 is -0.852. The normalized spacial score (nSPS) is 11.5. The van der Waals surface area contributed by atoms with Gasteiger partial charge in [0.05, 0.1) is 0 Å². The maximum atomic E-state index is 6.07. The maximum absolute atomic E-state index is 6.07. The van der Waals surface area contributed by atoms with Crippen molar-refractivity contribution in [3.05, 3.63) is 39.9 Å². The highest BCUT2D eigenvalue weighted by atomic mass is 35.5. The molecule has 15 heavy (non-hydrogen) atoms. The van der Waals surface area contributed by atoms with Gasteiger partial charge in [0.15, 0.2) is 0 Å². The molecule has 82 valence electrons. The molecule has 1 aromatic rings. The predicted octanol–water partition coefficient (Wildman–Crippen LogP) is 5.37. The summed E-state index contributed by atoms with van der Waals surface area (Å²) in [6.45, 7) is 5.42. The summed E-state index contributed by atoms with van der Waals surface area (Å²) in [5.41, 5.74) is 1.73. The van der Waals surface area contributed by atoms with Crippen molar-refractivity contribution in [2.24, 2.45) is 0 Å². The number of hydrogen-bond donors (Lipinski definition) is 0. The lowest BCUT2D eigenvalue weighted by molar-refractivity contribution is 0.852. The molecule has 0 amide bonds. The van der Waals surface area contributed by atoms with E-state index in [-0.39, 0.29) is 0 Å². The Hall–Kier alpha value is 0.120. The lowest BCUT2D eigenvalue weighted by Crippen LogP contribution is -2.11. The van der Waals surface area contributed by atoms with E-state index in [1.54, 1.807) is 25.1 Å². The van der Waals surface area contributed by atoms with Gasteiger partial charge in [0.1, 0.15) is 4.33 Å². The van der Waals surface area contributed by atoms with Gasteiger partial charge in [-0.1, -0.05) is 35.9 Å². The molecule has 1 rings (SSSR count). The second-order valence-electron chi connectivity index (χ2n) is 3.41. The molecule has 0 unspecified atom stereocenters. The van der Waals surface area contributed by atoms with E-state index in [0.717, 1.165) is 11.1 Å². The van der Waals surface area contributed by atoms with Crippen LogP contribution in [0, 0.1) is 0 Å². The monoisotopic (exact) mass is 282 g/mol. The van der Waals surface area contributed by atoms with Gasteiger partial charge in [-0.3, -0.25) is 0 Å². The Bertz CT molecular complexity index is 377. The fourth-order valence-electron chi connectivity index (χ4n) is 1.30. The van der Waals surface area contributed by atoms with Crippen LogP contribution >= 0.6 is 46.4 Å².